The van der Waals surface area contributed by atoms with Crippen LogP contribution in [0.25, 0.3) is 0 Å². The molecule has 8 heteroatoms. The molecule has 1 aromatic heterocycles. The molecule has 0 saturated carbocycles. The lowest BCUT2D eigenvalue weighted by molar-refractivity contribution is -0.275. The first-order chi connectivity index (χ1) is 8.42. The summed E-state index contributed by atoms with van der Waals surface area (Å²) in [5.74, 6) is -0.645. The first-order valence-electron chi connectivity index (χ1n) is 4.66. The predicted octanol–water partition coefficient (Wildman–Crippen LogP) is 2.95. The molecule has 0 bridgehead atoms. The van der Waals surface area contributed by atoms with Crippen LogP contribution in [-0.4, -0.2) is 18.5 Å². The van der Waals surface area contributed by atoms with E-state index in [1.807, 2.05) is 0 Å². The number of alkyl halides is 4. The Bertz CT molecular complexity index is 471. The zero-order valence-electron chi connectivity index (χ0n) is 9.21. The van der Waals surface area contributed by atoms with Gasteiger partial charge in [-0.1, -0.05) is 15.9 Å². The summed E-state index contributed by atoms with van der Waals surface area (Å²) in [5, 5.41) is 8.81. The summed E-state index contributed by atoms with van der Waals surface area (Å²) >= 11 is 3.10. The van der Waals surface area contributed by atoms with Crippen LogP contribution in [0.4, 0.5) is 13.2 Å². The van der Waals surface area contributed by atoms with E-state index in [0.717, 1.165) is 0 Å². The molecule has 0 spiro atoms. The van der Waals surface area contributed by atoms with Crippen LogP contribution in [-0.2, 0) is 11.8 Å². The molecular weight excluding hydrogens is 317 g/mol. The minimum Gasteiger partial charge on any atom is -0.492 e. The number of aromatic nitrogens is 1. The molecule has 4 nitrogen and oxygen atoms in total. The van der Waals surface area contributed by atoms with Crippen molar-refractivity contribution in [3.8, 4) is 17.6 Å². The lowest BCUT2D eigenvalue weighted by atomic mass is 10.2. The monoisotopic (exact) mass is 324 g/mol. The average Bonchev–Trinajstić information content (AvgIpc) is 2.29. The van der Waals surface area contributed by atoms with E-state index >= 15 is 0 Å². The summed E-state index contributed by atoms with van der Waals surface area (Å²) in [5.41, 5.74) is 0.287. The topological polar surface area (TPSA) is 55.1 Å². The van der Waals surface area contributed by atoms with Crippen LogP contribution in [0.15, 0.2) is 6.20 Å². The fraction of sp³-hybridized carbons (Fsp3) is 0.400. The van der Waals surface area contributed by atoms with E-state index in [1.54, 1.807) is 6.07 Å². The molecule has 0 aliphatic heterocycles. The van der Waals surface area contributed by atoms with Crippen LogP contribution in [0, 0.1) is 11.3 Å². The zero-order chi connectivity index (χ0) is 13.8. The van der Waals surface area contributed by atoms with Crippen molar-refractivity contribution >= 4 is 15.9 Å². The molecule has 0 atom stereocenters. The molecule has 1 rings (SSSR count). The molecule has 0 fully saturated rings. The Kier molecular flexibility index (Phi) is 4.78. The van der Waals surface area contributed by atoms with Gasteiger partial charge in [0.05, 0.1) is 19.6 Å². The Hall–Kier alpha value is -1.49. The molecule has 0 amide bonds. The fourth-order valence-corrected chi connectivity index (χ4v) is 1.69. The summed E-state index contributed by atoms with van der Waals surface area (Å²) in [7, 11) is 1.22. The lowest BCUT2D eigenvalue weighted by Gasteiger charge is -2.16. The highest BCUT2D eigenvalue weighted by atomic mass is 79.9. The first-order valence-corrected chi connectivity index (χ1v) is 5.78. The van der Waals surface area contributed by atoms with Gasteiger partial charge in [-0.15, -0.1) is 13.2 Å². The van der Waals surface area contributed by atoms with Gasteiger partial charge in [0.25, 0.3) is 0 Å². The summed E-state index contributed by atoms with van der Waals surface area (Å²) < 4.78 is 45.7. The van der Waals surface area contributed by atoms with Crippen molar-refractivity contribution in [3.05, 3.63) is 17.5 Å². The van der Waals surface area contributed by atoms with E-state index in [4.69, 9.17) is 10.00 Å². The number of pyridine rings is 1. The molecule has 0 saturated heterocycles. The number of nitriles is 1. The number of ether oxygens (including phenoxy) is 2. The maximum atomic E-state index is 12.3. The maximum Gasteiger partial charge on any atom is 0.573 e. The summed E-state index contributed by atoms with van der Waals surface area (Å²) in [6.45, 7) is 0. The van der Waals surface area contributed by atoms with Crippen molar-refractivity contribution < 1.29 is 22.6 Å². The van der Waals surface area contributed by atoms with Crippen molar-refractivity contribution in [1.29, 1.82) is 5.26 Å². The molecule has 0 unspecified atom stereocenters. The highest BCUT2D eigenvalue weighted by Gasteiger charge is 2.34. The Morgan fingerprint density at radius 2 is 2.11 bits per heavy atom. The van der Waals surface area contributed by atoms with E-state index in [0.29, 0.717) is 5.56 Å². The van der Waals surface area contributed by atoms with Crippen molar-refractivity contribution in [2.24, 2.45) is 0 Å². The van der Waals surface area contributed by atoms with Crippen LogP contribution < -0.4 is 9.47 Å². The Morgan fingerprint density at radius 1 is 1.44 bits per heavy atom. The number of hydrogen-bond donors (Lipinski definition) is 0. The van der Waals surface area contributed by atoms with E-state index < -0.39 is 12.1 Å². The third-order valence-electron chi connectivity index (χ3n) is 1.95. The van der Waals surface area contributed by atoms with Crippen LogP contribution in [0.3, 0.4) is 0 Å². The molecule has 0 radical (unpaired) electrons. The molecule has 18 heavy (non-hydrogen) atoms. The van der Waals surface area contributed by atoms with E-state index in [2.05, 4.69) is 25.7 Å². The van der Waals surface area contributed by atoms with E-state index in [9.17, 15) is 13.2 Å². The molecule has 0 aromatic carbocycles. The van der Waals surface area contributed by atoms with Gasteiger partial charge in [0.1, 0.15) is 5.69 Å². The normalized spacial score (nSPS) is 10.9. The molecule has 0 N–H and O–H groups in total. The van der Waals surface area contributed by atoms with E-state index in [-0.39, 0.29) is 23.2 Å². The molecule has 0 aliphatic rings. The minimum atomic E-state index is -4.87. The second kappa shape index (κ2) is 5.91. The number of halogens is 4. The average molecular weight is 325 g/mol. The number of rotatable bonds is 4. The van der Waals surface area contributed by atoms with Gasteiger partial charge in [-0.2, -0.15) is 5.26 Å². The highest BCUT2D eigenvalue weighted by molar-refractivity contribution is 9.08. The Balaban J connectivity index is 3.34. The fourth-order valence-electron chi connectivity index (χ4n) is 1.29. The van der Waals surface area contributed by atoms with Gasteiger partial charge in [0.15, 0.2) is 11.5 Å². The Labute approximate surface area is 109 Å². The second-order valence-electron chi connectivity index (χ2n) is 3.11. The SMILES string of the molecule is COc1c(CBr)cnc(CC#N)c1OC(F)(F)F. The smallest absolute Gasteiger partial charge is 0.492 e. The van der Waals surface area contributed by atoms with Gasteiger partial charge >= 0.3 is 6.36 Å². The van der Waals surface area contributed by atoms with Crippen molar-refractivity contribution in [2.75, 3.05) is 7.11 Å². The van der Waals surface area contributed by atoms with Gasteiger partial charge in [-0.25, -0.2) is 0 Å². The van der Waals surface area contributed by atoms with E-state index in [1.165, 1.54) is 13.3 Å². The first kappa shape index (κ1) is 14.6. The van der Waals surface area contributed by atoms with Gasteiger partial charge < -0.3 is 9.47 Å². The van der Waals surface area contributed by atoms with Crippen molar-refractivity contribution in [2.45, 2.75) is 18.1 Å². The maximum absolute atomic E-state index is 12.3. The number of hydrogen-bond acceptors (Lipinski definition) is 4. The van der Waals surface area contributed by atoms with Crippen LogP contribution in [0.5, 0.6) is 11.5 Å². The largest absolute Gasteiger partial charge is 0.573 e. The van der Waals surface area contributed by atoms with Crippen molar-refractivity contribution in [3.63, 3.8) is 0 Å². The number of nitrogens with zero attached hydrogens (tertiary/aromatic N) is 2. The molecule has 1 heterocycles. The molecule has 0 aliphatic carbocycles. The van der Waals surface area contributed by atoms with Gasteiger partial charge in [0, 0.05) is 17.1 Å². The van der Waals surface area contributed by atoms with Gasteiger partial charge in [-0.05, 0) is 0 Å². The molecule has 1 aromatic rings. The van der Waals surface area contributed by atoms with Crippen LogP contribution >= 0.6 is 15.9 Å². The third kappa shape index (κ3) is 3.50. The quantitative estimate of drug-likeness (QED) is 0.799. The standard InChI is InChI=1S/C10H8BrF3N2O2/c1-17-8-6(4-11)5-16-7(2-3-15)9(8)18-10(12,13)14/h5H,2,4H2,1H3. The van der Waals surface area contributed by atoms with Crippen molar-refractivity contribution in [1.82, 2.24) is 4.98 Å². The van der Waals surface area contributed by atoms with Crippen LogP contribution in [0.2, 0.25) is 0 Å². The minimum absolute atomic E-state index is 0.0792. The molecular formula is C10H8BrF3N2O2. The Morgan fingerprint density at radius 3 is 2.56 bits per heavy atom. The predicted molar refractivity (Wildman–Crippen MR) is 59.4 cm³/mol. The zero-order valence-corrected chi connectivity index (χ0v) is 10.8. The third-order valence-corrected chi connectivity index (χ3v) is 2.55. The summed E-state index contributed by atoms with van der Waals surface area (Å²) in [4.78, 5) is 3.77. The summed E-state index contributed by atoms with van der Waals surface area (Å²) in [6, 6.07) is 1.72. The van der Waals surface area contributed by atoms with Gasteiger partial charge in [-0.3, -0.25) is 4.98 Å². The second-order valence-corrected chi connectivity index (χ2v) is 3.67. The van der Waals surface area contributed by atoms with Crippen LogP contribution in [0.1, 0.15) is 11.3 Å². The summed E-state index contributed by atoms with van der Waals surface area (Å²) in [6.07, 6.45) is -3.84. The highest BCUT2D eigenvalue weighted by Crippen LogP contribution is 2.38. The molecule has 98 valence electrons. The lowest BCUT2D eigenvalue weighted by Crippen LogP contribution is -2.19. The van der Waals surface area contributed by atoms with Gasteiger partial charge in [0.2, 0.25) is 0 Å². The number of methoxy groups -OCH3 is 1.